The second-order valence-corrected chi connectivity index (χ2v) is 6.23. The van der Waals surface area contributed by atoms with E-state index in [1.165, 1.54) is 11.3 Å². The quantitative estimate of drug-likeness (QED) is 0.918. The van der Waals surface area contributed by atoms with Gasteiger partial charge in [-0.25, -0.2) is 0 Å². The van der Waals surface area contributed by atoms with Crippen molar-refractivity contribution in [2.45, 2.75) is 20.0 Å². The van der Waals surface area contributed by atoms with Crippen LogP contribution in [0.1, 0.15) is 27.7 Å². The summed E-state index contributed by atoms with van der Waals surface area (Å²) in [6.07, 6.45) is 0. The van der Waals surface area contributed by atoms with Crippen molar-refractivity contribution in [1.29, 1.82) is 0 Å². The molecule has 1 heterocycles. The minimum absolute atomic E-state index is 0.0283. The number of benzene rings is 1. The van der Waals surface area contributed by atoms with Crippen LogP contribution in [-0.2, 0) is 13.1 Å². The Bertz CT molecular complexity index is 580. The van der Waals surface area contributed by atoms with Crippen LogP contribution in [0, 0.1) is 0 Å². The normalized spacial score (nSPS) is 10.6. The number of halogens is 1. The number of nitrogens with two attached hydrogens (primary N) is 1. The van der Waals surface area contributed by atoms with E-state index >= 15 is 0 Å². The Labute approximate surface area is 128 Å². The van der Waals surface area contributed by atoms with E-state index < -0.39 is 0 Å². The first-order chi connectivity index (χ1) is 9.63. The summed E-state index contributed by atoms with van der Waals surface area (Å²) in [5, 5.41) is 0. The Morgan fingerprint density at radius 1 is 1.25 bits per heavy atom. The predicted molar refractivity (Wildman–Crippen MR) is 84.1 cm³/mol. The van der Waals surface area contributed by atoms with Crippen LogP contribution in [0.3, 0.4) is 0 Å². The number of carbonyl (C=O) groups excluding carboxylic acids is 1. The number of nitrogens with zero attached hydrogens (tertiary/aromatic N) is 1. The molecule has 20 heavy (non-hydrogen) atoms. The number of hydrogen-bond acceptors (Lipinski definition) is 3. The van der Waals surface area contributed by atoms with Gasteiger partial charge in [0.25, 0.3) is 5.91 Å². The van der Waals surface area contributed by atoms with E-state index in [9.17, 15) is 4.79 Å². The first kappa shape index (κ1) is 15.0. The SMILES string of the molecule is CCN(Cc1ccc(Cl)s1)C(=O)c1ccc(CN)cc1. The summed E-state index contributed by atoms with van der Waals surface area (Å²) in [7, 11) is 0. The van der Waals surface area contributed by atoms with Gasteiger partial charge in [-0.2, -0.15) is 0 Å². The third-order valence-electron chi connectivity index (χ3n) is 3.08. The van der Waals surface area contributed by atoms with Gasteiger partial charge < -0.3 is 10.6 Å². The average Bonchev–Trinajstić information content (AvgIpc) is 2.89. The molecule has 3 nitrogen and oxygen atoms in total. The number of amides is 1. The highest BCUT2D eigenvalue weighted by atomic mass is 35.5. The second kappa shape index (κ2) is 6.88. The fourth-order valence-electron chi connectivity index (χ4n) is 1.92. The number of carbonyl (C=O) groups is 1. The summed E-state index contributed by atoms with van der Waals surface area (Å²) >= 11 is 7.43. The zero-order valence-electron chi connectivity index (χ0n) is 11.3. The molecule has 0 aliphatic heterocycles. The standard InChI is InChI=1S/C15H17ClN2OS/c1-2-18(10-13-7-8-14(16)20-13)15(19)12-5-3-11(9-17)4-6-12/h3-8H,2,9-10,17H2,1H3. The lowest BCUT2D eigenvalue weighted by atomic mass is 10.1. The molecule has 1 amide bonds. The van der Waals surface area contributed by atoms with Crippen molar-refractivity contribution in [2.24, 2.45) is 5.73 Å². The van der Waals surface area contributed by atoms with Crippen molar-refractivity contribution in [3.05, 3.63) is 56.7 Å². The highest BCUT2D eigenvalue weighted by Gasteiger charge is 2.15. The van der Waals surface area contributed by atoms with Gasteiger partial charge in [-0.3, -0.25) is 4.79 Å². The lowest BCUT2D eigenvalue weighted by Gasteiger charge is -2.20. The van der Waals surface area contributed by atoms with Crippen LogP contribution in [0.15, 0.2) is 36.4 Å². The van der Waals surface area contributed by atoms with E-state index in [0.29, 0.717) is 25.2 Å². The minimum Gasteiger partial charge on any atom is -0.334 e. The molecule has 2 rings (SSSR count). The van der Waals surface area contributed by atoms with E-state index in [1.807, 2.05) is 43.3 Å². The van der Waals surface area contributed by atoms with Gasteiger partial charge in [0, 0.05) is 23.5 Å². The molecule has 1 aromatic heterocycles. The topological polar surface area (TPSA) is 46.3 Å². The molecule has 0 saturated heterocycles. The summed E-state index contributed by atoms with van der Waals surface area (Å²) in [5.74, 6) is 0.0283. The van der Waals surface area contributed by atoms with Crippen LogP contribution < -0.4 is 5.73 Å². The largest absolute Gasteiger partial charge is 0.334 e. The lowest BCUT2D eigenvalue weighted by molar-refractivity contribution is 0.0754. The van der Waals surface area contributed by atoms with Crippen LogP contribution in [0.25, 0.3) is 0 Å². The fourth-order valence-corrected chi connectivity index (χ4v) is 3.02. The van der Waals surface area contributed by atoms with Crippen molar-refractivity contribution < 1.29 is 4.79 Å². The van der Waals surface area contributed by atoms with Gasteiger partial charge in [-0.05, 0) is 36.8 Å². The molecule has 2 N–H and O–H groups in total. The van der Waals surface area contributed by atoms with Gasteiger partial charge in [0.05, 0.1) is 10.9 Å². The van der Waals surface area contributed by atoms with Crippen molar-refractivity contribution in [1.82, 2.24) is 4.90 Å². The molecule has 0 saturated carbocycles. The monoisotopic (exact) mass is 308 g/mol. The van der Waals surface area contributed by atoms with Gasteiger partial charge in [0.1, 0.15) is 0 Å². The van der Waals surface area contributed by atoms with Gasteiger partial charge in [0.2, 0.25) is 0 Å². The predicted octanol–water partition coefficient (Wildman–Crippen LogP) is 3.52. The van der Waals surface area contributed by atoms with Crippen LogP contribution in [0.5, 0.6) is 0 Å². The molecule has 0 spiro atoms. The maximum Gasteiger partial charge on any atom is 0.254 e. The fraction of sp³-hybridized carbons (Fsp3) is 0.267. The zero-order chi connectivity index (χ0) is 14.5. The second-order valence-electron chi connectivity index (χ2n) is 4.43. The summed E-state index contributed by atoms with van der Waals surface area (Å²) in [4.78, 5) is 15.3. The summed E-state index contributed by atoms with van der Waals surface area (Å²) in [6, 6.07) is 11.3. The van der Waals surface area contributed by atoms with Crippen molar-refractivity contribution in [3.63, 3.8) is 0 Å². The van der Waals surface area contributed by atoms with Crippen LogP contribution in [0.4, 0.5) is 0 Å². The smallest absolute Gasteiger partial charge is 0.254 e. The van der Waals surface area contributed by atoms with Gasteiger partial charge in [0.15, 0.2) is 0 Å². The van der Waals surface area contributed by atoms with E-state index in [1.54, 1.807) is 4.90 Å². The molecule has 1 aromatic carbocycles. The molecule has 2 aromatic rings. The van der Waals surface area contributed by atoms with Crippen LogP contribution in [0.2, 0.25) is 4.34 Å². The van der Waals surface area contributed by atoms with E-state index in [2.05, 4.69) is 0 Å². The maximum absolute atomic E-state index is 12.5. The Balaban J connectivity index is 2.11. The Hall–Kier alpha value is -1.36. The third kappa shape index (κ3) is 3.60. The van der Waals surface area contributed by atoms with Gasteiger partial charge >= 0.3 is 0 Å². The van der Waals surface area contributed by atoms with Crippen molar-refractivity contribution in [3.8, 4) is 0 Å². The highest BCUT2D eigenvalue weighted by Crippen LogP contribution is 2.23. The Morgan fingerprint density at radius 3 is 2.45 bits per heavy atom. The number of hydrogen-bond donors (Lipinski definition) is 1. The van der Waals surface area contributed by atoms with Crippen molar-refractivity contribution in [2.75, 3.05) is 6.54 Å². The van der Waals surface area contributed by atoms with E-state index in [0.717, 1.165) is 14.8 Å². The summed E-state index contributed by atoms with van der Waals surface area (Å²) in [6.45, 7) is 3.71. The van der Waals surface area contributed by atoms with Crippen LogP contribution in [-0.4, -0.2) is 17.4 Å². The van der Waals surface area contributed by atoms with Gasteiger partial charge in [-0.1, -0.05) is 23.7 Å². The first-order valence-electron chi connectivity index (χ1n) is 6.46. The molecular formula is C15H17ClN2OS. The minimum atomic E-state index is 0.0283. The molecule has 0 unspecified atom stereocenters. The zero-order valence-corrected chi connectivity index (χ0v) is 12.9. The maximum atomic E-state index is 12.5. The summed E-state index contributed by atoms with van der Waals surface area (Å²) < 4.78 is 0.746. The molecule has 0 fully saturated rings. The molecular weight excluding hydrogens is 292 g/mol. The lowest BCUT2D eigenvalue weighted by Crippen LogP contribution is -2.29. The van der Waals surface area contributed by atoms with Gasteiger partial charge in [-0.15, -0.1) is 11.3 Å². The van der Waals surface area contributed by atoms with E-state index in [4.69, 9.17) is 17.3 Å². The Morgan fingerprint density at radius 2 is 1.95 bits per heavy atom. The third-order valence-corrected chi connectivity index (χ3v) is 4.30. The molecule has 0 bridgehead atoms. The molecule has 0 aliphatic carbocycles. The Kier molecular flexibility index (Phi) is 5.17. The molecule has 5 heteroatoms. The first-order valence-corrected chi connectivity index (χ1v) is 7.66. The molecule has 0 atom stereocenters. The molecule has 106 valence electrons. The average molecular weight is 309 g/mol. The number of rotatable bonds is 5. The highest BCUT2D eigenvalue weighted by molar-refractivity contribution is 7.16. The van der Waals surface area contributed by atoms with Crippen LogP contribution >= 0.6 is 22.9 Å². The molecule has 0 radical (unpaired) electrons. The summed E-state index contributed by atoms with van der Waals surface area (Å²) in [5.41, 5.74) is 7.27. The van der Waals surface area contributed by atoms with Crippen molar-refractivity contribution >= 4 is 28.8 Å². The molecule has 0 aliphatic rings. The number of thiophene rings is 1. The van der Waals surface area contributed by atoms with E-state index in [-0.39, 0.29) is 5.91 Å².